The Hall–Kier alpha value is -2.70. The monoisotopic (exact) mass is 469 g/mol. The van der Waals surface area contributed by atoms with Gasteiger partial charge in [0, 0.05) is 28.3 Å². The molecule has 0 spiro atoms. The lowest BCUT2D eigenvalue weighted by atomic mass is 10.0. The van der Waals surface area contributed by atoms with Crippen molar-refractivity contribution in [3.05, 3.63) is 97.1 Å². The van der Waals surface area contributed by atoms with E-state index in [0.717, 1.165) is 30.9 Å². The van der Waals surface area contributed by atoms with Crippen molar-refractivity contribution in [2.75, 3.05) is 6.54 Å². The fourth-order valence-electron chi connectivity index (χ4n) is 4.46. The van der Waals surface area contributed by atoms with Crippen molar-refractivity contribution in [3.63, 3.8) is 0 Å². The van der Waals surface area contributed by atoms with Gasteiger partial charge >= 0.3 is 0 Å². The summed E-state index contributed by atoms with van der Waals surface area (Å²) >= 11 is 0. The zero-order chi connectivity index (χ0) is 22.2. The van der Waals surface area contributed by atoms with Gasteiger partial charge in [0.15, 0.2) is 0 Å². The number of para-hydroxylation sites is 2. The molecule has 4 aromatic carbocycles. The molecule has 0 aromatic heterocycles. The smallest absolute Gasteiger partial charge is 0.204 e. The third-order valence-corrected chi connectivity index (χ3v) is 10.6. The maximum Gasteiger partial charge on any atom is 0.204 e. The highest BCUT2D eigenvalue weighted by molar-refractivity contribution is 7.74. The van der Waals surface area contributed by atoms with Gasteiger partial charge < -0.3 is 9.05 Å². The third-order valence-electron chi connectivity index (χ3n) is 6.08. The van der Waals surface area contributed by atoms with Crippen molar-refractivity contribution < 1.29 is 9.05 Å². The van der Waals surface area contributed by atoms with Crippen molar-refractivity contribution in [1.82, 2.24) is 4.44 Å². The number of unbranched alkanes of at least 4 members (excludes halogenated alkanes) is 1. The molecule has 2 atom stereocenters. The molecule has 0 saturated heterocycles. The molecular weight excluding hydrogens is 444 g/mol. The second-order valence-corrected chi connectivity index (χ2v) is 11.9. The highest BCUT2D eigenvalue weighted by atomic mass is 31.2. The van der Waals surface area contributed by atoms with Crippen LogP contribution in [0.15, 0.2) is 97.1 Å². The Kier molecular flexibility index (Phi) is 5.64. The maximum absolute atomic E-state index is 6.80. The maximum atomic E-state index is 6.80. The summed E-state index contributed by atoms with van der Waals surface area (Å²) in [6.45, 7) is 3.18. The molecule has 2 heterocycles. The van der Waals surface area contributed by atoms with Gasteiger partial charge in [0.05, 0.1) is 0 Å². The Balaban J connectivity index is 1.49. The van der Waals surface area contributed by atoms with Gasteiger partial charge in [-0.15, -0.1) is 0 Å². The molecule has 0 fully saturated rings. The summed E-state index contributed by atoms with van der Waals surface area (Å²) < 4.78 is 16.1. The molecule has 164 valence electrons. The van der Waals surface area contributed by atoms with Gasteiger partial charge in [-0.05, 0) is 41.8 Å². The van der Waals surface area contributed by atoms with Gasteiger partial charge in [-0.1, -0.05) is 86.1 Å². The highest BCUT2D eigenvalue weighted by Crippen LogP contribution is 2.62. The second-order valence-electron chi connectivity index (χ2n) is 8.20. The molecule has 2 unspecified atom stereocenters. The van der Waals surface area contributed by atoms with E-state index in [-0.39, 0.29) is 0 Å². The molecule has 5 heteroatoms. The Morgan fingerprint density at radius 1 is 0.576 bits per heavy atom. The Bertz CT molecular complexity index is 1210. The standard InChI is InChI=1S/C28H25NO2P2/c1-2-3-20-29(32-27-18-10-6-14-23(27)21-12-4-8-16-25(21)30-32)33-28-19-11-7-15-24(28)22-13-5-9-17-26(22)31-33/h4-19H,2-3,20H2,1H3. The Labute approximate surface area is 197 Å². The third kappa shape index (κ3) is 3.65. The van der Waals surface area contributed by atoms with E-state index in [1.54, 1.807) is 0 Å². The number of fused-ring (bicyclic) bond motifs is 6. The van der Waals surface area contributed by atoms with Crippen LogP contribution in [0.5, 0.6) is 11.5 Å². The predicted molar refractivity (Wildman–Crippen MR) is 140 cm³/mol. The average Bonchev–Trinajstić information content (AvgIpc) is 2.89. The van der Waals surface area contributed by atoms with E-state index in [2.05, 4.69) is 108 Å². The van der Waals surface area contributed by atoms with Crippen LogP contribution in [0.3, 0.4) is 0 Å². The van der Waals surface area contributed by atoms with Crippen LogP contribution in [0.25, 0.3) is 22.3 Å². The second kappa shape index (κ2) is 8.92. The molecule has 33 heavy (non-hydrogen) atoms. The van der Waals surface area contributed by atoms with Crippen molar-refractivity contribution in [2.24, 2.45) is 0 Å². The van der Waals surface area contributed by atoms with Gasteiger partial charge in [0.25, 0.3) is 0 Å². The summed E-state index contributed by atoms with van der Waals surface area (Å²) in [6.07, 6.45) is 2.22. The van der Waals surface area contributed by atoms with Crippen molar-refractivity contribution in [1.29, 1.82) is 0 Å². The van der Waals surface area contributed by atoms with Crippen LogP contribution in [0.4, 0.5) is 0 Å². The quantitative estimate of drug-likeness (QED) is 0.283. The molecule has 0 amide bonds. The molecular formula is C28H25NO2P2. The largest absolute Gasteiger partial charge is 0.453 e. The van der Waals surface area contributed by atoms with Crippen LogP contribution in [-0.4, -0.2) is 11.0 Å². The van der Waals surface area contributed by atoms with E-state index in [1.807, 2.05) is 0 Å². The molecule has 0 radical (unpaired) electrons. The van der Waals surface area contributed by atoms with Gasteiger partial charge in [0.2, 0.25) is 16.6 Å². The van der Waals surface area contributed by atoms with Crippen LogP contribution >= 0.6 is 16.6 Å². The minimum atomic E-state index is -1.05. The molecule has 6 rings (SSSR count). The van der Waals surface area contributed by atoms with Crippen LogP contribution < -0.4 is 19.7 Å². The lowest BCUT2D eigenvalue weighted by Gasteiger charge is -2.41. The fourth-order valence-corrected chi connectivity index (χ4v) is 9.29. The van der Waals surface area contributed by atoms with Crippen LogP contribution in [0.1, 0.15) is 19.8 Å². The first kappa shape index (κ1) is 20.9. The van der Waals surface area contributed by atoms with Gasteiger partial charge in [0.1, 0.15) is 11.5 Å². The minimum absolute atomic E-state index is 0.931. The molecule has 3 nitrogen and oxygen atoms in total. The Morgan fingerprint density at radius 2 is 1.00 bits per heavy atom. The van der Waals surface area contributed by atoms with Crippen LogP contribution in [0, 0.1) is 0 Å². The molecule has 0 saturated carbocycles. The van der Waals surface area contributed by atoms with E-state index in [1.165, 1.54) is 32.9 Å². The fraction of sp³-hybridized carbons (Fsp3) is 0.143. The lowest BCUT2D eigenvalue weighted by Crippen LogP contribution is -2.32. The van der Waals surface area contributed by atoms with E-state index >= 15 is 0 Å². The summed E-state index contributed by atoms with van der Waals surface area (Å²) in [4.78, 5) is 0. The SMILES string of the molecule is CCCCN(P1Oc2ccccc2-c2ccccc21)P1Oc2ccccc2-c2ccccc21. The molecule has 0 aliphatic carbocycles. The number of rotatable bonds is 5. The van der Waals surface area contributed by atoms with Gasteiger partial charge in [-0.25, -0.2) is 0 Å². The zero-order valence-corrected chi connectivity index (χ0v) is 20.3. The lowest BCUT2D eigenvalue weighted by molar-refractivity contribution is 0.504. The molecule has 2 aliphatic rings. The van der Waals surface area contributed by atoms with E-state index in [9.17, 15) is 0 Å². The summed E-state index contributed by atoms with van der Waals surface area (Å²) in [5.41, 5.74) is 4.89. The number of benzene rings is 4. The van der Waals surface area contributed by atoms with Gasteiger partial charge in [-0.2, -0.15) is 4.44 Å². The first-order valence-corrected chi connectivity index (χ1v) is 13.9. The van der Waals surface area contributed by atoms with Crippen molar-refractivity contribution in [3.8, 4) is 33.8 Å². The summed E-state index contributed by atoms with van der Waals surface area (Å²) in [5, 5.41) is 2.54. The summed E-state index contributed by atoms with van der Waals surface area (Å²) in [7, 11) is -2.10. The molecule has 0 N–H and O–H groups in total. The molecule has 4 aromatic rings. The topological polar surface area (TPSA) is 21.7 Å². The van der Waals surface area contributed by atoms with Crippen molar-refractivity contribution >= 4 is 27.2 Å². The Morgan fingerprint density at radius 3 is 1.48 bits per heavy atom. The number of nitrogens with zero attached hydrogens (tertiary/aromatic N) is 1. The predicted octanol–water partition coefficient (Wildman–Crippen LogP) is 7.48. The van der Waals surface area contributed by atoms with Crippen LogP contribution in [0.2, 0.25) is 0 Å². The normalized spacial score (nSPS) is 17.8. The van der Waals surface area contributed by atoms with Crippen molar-refractivity contribution in [2.45, 2.75) is 19.8 Å². The first-order chi connectivity index (χ1) is 16.3. The molecule has 2 aliphatic heterocycles. The summed E-state index contributed by atoms with van der Waals surface area (Å²) in [5.74, 6) is 1.93. The van der Waals surface area contributed by atoms with Gasteiger partial charge in [-0.3, -0.25) is 0 Å². The van der Waals surface area contributed by atoms with E-state index in [0.29, 0.717) is 0 Å². The van der Waals surface area contributed by atoms with E-state index in [4.69, 9.17) is 9.05 Å². The average molecular weight is 469 g/mol. The number of hydrogen-bond donors (Lipinski definition) is 0. The minimum Gasteiger partial charge on any atom is -0.453 e. The number of hydrogen-bond acceptors (Lipinski definition) is 3. The first-order valence-electron chi connectivity index (χ1n) is 11.5. The van der Waals surface area contributed by atoms with Crippen LogP contribution in [-0.2, 0) is 0 Å². The highest BCUT2D eigenvalue weighted by Gasteiger charge is 2.40. The zero-order valence-electron chi connectivity index (χ0n) is 18.5. The van der Waals surface area contributed by atoms with E-state index < -0.39 is 16.6 Å². The molecule has 0 bridgehead atoms. The summed E-state index contributed by atoms with van der Waals surface area (Å²) in [6, 6.07) is 34.2.